The summed E-state index contributed by atoms with van der Waals surface area (Å²) in [6, 6.07) is 10.2. The van der Waals surface area contributed by atoms with Crippen LogP contribution in [0.4, 0.5) is 18.9 Å². The third-order valence-corrected chi connectivity index (χ3v) is 10.2. The van der Waals surface area contributed by atoms with Gasteiger partial charge >= 0.3 is 18.1 Å². The molecule has 2 aromatic carbocycles. The highest BCUT2D eigenvalue weighted by molar-refractivity contribution is 7.90. The molecule has 0 aliphatic heterocycles. The van der Waals surface area contributed by atoms with Crippen LogP contribution in [0.5, 0.6) is 11.6 Å². The van der Waals surface area contributed by atoms with Crippen molar-refractivity contribution >= 4 is 79.0 Å². The Hall–Kier alpha value is -5.17. The quantitative estimate of drug-likeness (QED) is 0.0464. The second kappa shape index (κ2) is 20.7. The van der Waals surface area contributed by atoms with E-state index < -0.39 is 49.7 Å². The fraction of sp³-hybridized carbons (Fsp3) is 0.316. The van der Waals surface area contributed by atoms with Gasteiger partial charge in [-0.15, -0.1) is 0 Å². The Morgan fingerprint density at radius 1 is 1.05 bits per heavy atom. The molecule has 0 amide bonds. The summed E-state index contributed by atoms with van der Waals surface area (Å²) < 4.78 is 74.0. The molecule has 59 heavy (non-hydrogen) atoms. The summed E-state index contributed by atoms with van der Waals surface area (Å²) >= 11 is 17.1. The number of alkyl halides is 3. The number of carboxylic acids is 1. The summed E-state index contributed by atoms with van der Waals surface area (Å²) in [6.45, 7) is 5.34. The van der Waals surface area contributed by atoms with Crippen LogP contribution in [0.3, 0.4) is 0 Å². The number of fused-ring (bicyclic) bond motifs is 1. The van der Waals surface area contributed by atoms with Crippen LogP contribution in [0, 0.1) is 6.92 Å². The highest BCUT2D eigenvalue weighted by Crippen LogP contribution is 2.34. The number of aryl methyl sites for hydroxylation is 2. The Labute approximate surface area is 351 Å². The molecule has 0 saturated carbocycles. The van der Waals surface area contributed by atoms with Crippen molar-refractivity contribution in [3.63, 3.8) is 0 Å². The molecule has 0 fully saturated rings. The van der Waals surface area contributed by atoms with Gasteiger partial charge in [-0.1, -0.05) is 54.6 Å². The summed E-state index contributed by atoms with van der Waals surface area (Å²) in [5.74, 6) is -2.52. The van der Waals surface area contributed by atoms with E-state index >= 15 is 0 Å². The maximum absolute atomic E-state index is 12.8. The number of hydrogen-bond donors (Lipinski definition) is 3. The predicted molar refractivity (Wildman–Crippen MR) is 215 cm³/mol. The first-order valence-corrected chi connectivity index (χ1v) is 20.4. The first-order valence-electron chi connectivity index (χ1n) is 17.4. The number of rotatable bonds is 12. The van der Waals surface area contributed by atoms with Crippen LogP contribution in [-0.4, -0.2) is 75.1 Å². The SMILES string of the molecule is CCCCCC(C)OC(=O)COc1ccc(Cl)c2cccnc12.Cc1nn(C)c(O)c1C(=O)c1ccc(C(F)(F)F)cc1S(C)(=O)=O.Nc1cc(Cl)nc(C(=O)O)c1Cl. The van der Waals surface area contributed by atoms with Crippen molar-refractivity contribution in [2.24, 2.45) is 7.05 Å². The molecule has 21 heteroatoms. The van der Waals surface area contributed by atoms with Crippen LogP contribution < -0.4 is 10.5 Å². The van der Waals surface area contributed by atoms with Crippen LogP contribution in [0.2, 0.25) is 15.2 Å². The van der Waals surface area contributed by atoms with Gasteiger partial charge in [-0.3, -0.25) is 9.78 Å². The fourth-order valence-corrected chi connectivity index (χ4v) is 6.76. The summed E-state index contributed by atoms with van der Waals surface area (Å²) in [5.41, 5.74) is 3.97. The zero-order valence-corrected chi connectivity index (χ0v) is 35.2. The number of pyridine rings is 2. The average molecular weight is 905 g/mol. The highest BCUT2D eigenvalue weighted by Gasteiger charge is 2.34. The van der Waals surface area contributed by atoms with Crippen molar-refractivity contribution in [2.75, 3.05) is 18.6 Å². The van der Waals surface area contributed by atoms with Gasteiger partial charge in [-0.2, -0.15) is 18.3 Å². The molecule has 5 rings (SSSR count). The fourth-order valence-electron chi connectivity index (χ4n) is 5.26. The average Bonchev–Trinajstić information content (AvgIpc) is 3.41. The number of ketones is 1. The number of aromatic hydroxyl groups is 1. The minimum absolute atomic E-state index is 0.00861. The Morgan fingerprint density at radius 3 is 2.31 bits per heavy atom. The number of carbonyl (C=O) groups excluding carboxylic acids is 2. The van der Waals surface area contributed by atoms with Gasteiger partial charge in [0.15, 0.2) is 22.1 Å². The number of halogens is 6. The Balaban J connectivity index is 0.000000250. The van der Waals surface area contributed by atoms with E-state index in [2.05, 4.69) is 22.0 Å². The van der Waals surface area contributed by atoms with Crippen LogP contribution in [-0.2, 0) is 32.6 Å². The lowest BCUT2D eigenvalue weighted by Crippen LogP contribution is -2.20. The number of carbonyl (C=O) groups is 3. The molecule has 5 aromatic rings. The van der Waals surface area contributed by atoms with E-state index in [9.17, 15) is 41.1 Å². The first kappa shape index (κ1) is 48.2. The number of esters is 1. The molecule has 0 radical (unpaired) electrons. The number of unbranched alkanes of at least 4 members (excludes halogenated alkanes) is 2. The zero-order chi connectivity index (χ0) is 44.4. The van der Waals surface area contributed by atoms with Gasteiger partial charge in [0.2, 0.25) is 11.7 Å². The van der Waals surface area contributed by atoms with Gasteiger partial charge in [0.05, 0.1) is 38.0 Å². The maximum atomic E-state index is 12.8. The van der Waals surface area contributed by atoms with Crippen molar-refractivity contribution in [3.8, 4) is 11.6 Å². The van der Waals surface area contributed by atoms with Gasteiger partial charge in [0.25, 0.3) is 0 Å². The monoisotopic (exact) mass is 903 g/mol. The van der Waals surface area contributed by atoms with Crippen molar-refractivity contribution < 1.29 is 55.7 Å². The number of aromatic nitrogens is 4. The molecule has 1 unspecified atom stereocenters. The van der Waals surface area contributed by atoms with Crippen molar-refractivity contribution in [1.29, 1.82) is 0 Å². The summed E-state index contributed by atoms with van der Waals surface area (Å²) in [6.07, 6.45) is 1.78. The number of carboxylic acid groups (broad SMARTS) is 1. The van der Waals surface area contributed by atoms with Gasteiger partial charge in [-0.05, 0) is 75.2 Å². The number of aromatic carboxylic acids is 1. The molecule has 3 heterocycles. The molecular formula is C38H39Cl3F3N5O9S. The van der Waals surface area contributed by atoms with Crippen LogP contribution in [0.25, 0.3) is 10.9 Å². The number of nitrogens with zero attached hydrogens (tertiary/aromatic N) is 4. The molecule has 14 nitrogen and oxygen atoms in total. The maximum Gasteiger partial charge on any atom is 0.416 e. The zero-order valence-electron chi connectivity index (χ0n) is 32.1. The molecule has 0 spiro atoms. The van der Waals surface area contributed by atoms with Gasteiger partial charge < -0.3 is 25.4 Å². The van der Waals surface area contributed by atoms with Crippen LogP contribution in [0.1, 0.15) is 77.2 Å². The lowest BCUT2D eigenvalue weighted by molar-refractivity contribution is -0.151. The molecule has 0 aliphatic rings. The molecule has 0 bridgehead atoms. The van der Waals surface area contributed by atoms with E-state index in [0.29, 0.717) is 34.7 Å². The van der Waals surface area contributed by atoms with E-state index in [1.54, 1.807) is 18.3 Å². The Kier molecular flexibility index (Phi) is 16.9. The Bertz CT molecular complexity index is 2450. The molecule has 3 aromatic heterocycles. The molecule has 318 valence electrons. The van der Waals surface area contributed by atoms with Gasteiger partial charge in [0, 0.05) is 30.4 Å². The smallest absolute Gasteiger partial charge is 0.416 e. The third-order valence-electron chi connectivity index (χ3n) is 8.10. The normalized spacial score (nSPS) is 11.8. The van der Waals surface area contributed by atoms with E-state index in [4.69, 9.17) is 55.1 Å². The van der Waals surface area contributed by atoms with E-state index in [-0.39, 0.29) is 51.5 Å². The van der Waals surface area contributed by atoms with Crippen molar-refractivity contribution in [3.05, 3.63) is 98.0 Å². The topological polar surface area (TPSA) is 214 Å². The molecule has 4 N–H and O–H groups in total. The van der Waals surface area contributed by atoms with Gasteiger partial charge in [-0.25, -0.2) is 27.7 Å². The number of benzene rings is 2. The largest absolute Gasteiger partial charge is 0.493 e. The number of nitrogen functional groups attached to an aromatic ring is 1. The number of sulfone groups is 1. The summed E-state index contributed by atoms with van der Waals surface area (Å²) in [4.78, 5) is 41.9. The molecule has 1 atom stereocenters. The van der Waals surface area contributed by atoms with E-state index in [1.807, 2.05) is 19.1 Å². The second-order valence-corrected chi connectivity index (χ2v) is 15.9. The lowest BCUT2D eigenvalue weighted by Gasteiger charge is -2.14. The minimum Gasteiger partial charge on any atom is -0.493 e. The summed E-state index contributed by atoms with van der Waals surface area (Å²) in [7, 11) is -2.75. The lowest BCUT2D eigenvalue weighted by atomic mass is 10.0. The van der Waals surface area contributed by atoms with Crippen LogP contribution in [0.15, 0.2) is 59.6 Å². The van der Waals surface area contributed by atoms with E-state index in [1.165, 1.54) is 20.0 Å². The molecule has 0 aliphatic carbocycles. The minimum atomic E-state index is -4.76. The number of ether oxygens (including phenoxy) is 2. The van der Waals surface area contributed by atoms with Crippen molar-refractivity contribution in [1.82, 2.24) is 19.7 Å². The first-order chi connectivity index (χ1) is 27.5. The van der Waals surface area contributed by atoms with Crippen molar-refractivity contribution in [2.45, 2.75) is 63.6 Å². The van der Waals surface area contributed by atoms with Crippen LogP contribution >= 0.6 is 34.8 Å². The third kappa shape index (κ3) is 13.2. The number of nitrogens with two attached hydrogens (primary N) is 1. The van der Waals surface area contributed by atoms with E-state index in [0.717, 1.165) is 41.8 Å². The molecular weight excluding hydrogens is 866 g/mol. The number of anilines is 1. The highest BCUT2D eigenvalue weighted by atomic mass is 35.5. The second-order valence-electron chi connectivity index (χ2n) is 12.7. The standard InChI is InChI=1S/C18H22ClNO3.C14H13F3N2O4S.C6H4Cl2N2O2/c1-3-4-5-7-13(2)23-17(21)12-22-16-10-9-15(19)14-8-6-11-20-18(14)16;1-7-11(13(21)19(2)18-7)12(20)9-5-4-8(14(15,16)17)6-10(9)24(3,22)23;7-3-1-2(9)4(8)5(10-3)6(11)12/h6,8-11,13H,3-5,7,12H2,1-2H3;4-6,21H,1-3H3;1H,(H2,9,10)(H,11,12). The Morgan fingerprint density at radius 2 is 1.73 bits per heavy atom. The number of hydrogen-bond acceptors (Lipinski definition) is 12. The van der Waals surface area contributed by atoms with Gasteiger partial charge in [0.1, 0.15) is 22.0 Å². The molecule has 0 saturated heterocycles. The summed E-state index contributed by atoms with van der Waals surface area (Å²) in [5, 5.41) is 23.6. The predicted octanol–water partition coefficient (Wildman–Crippen LogP) is 8.54.